The van der Waals surface area contributed by atoms with Crippen molar-refractivity contribution in [3.8, 4) is 5.69 Å². The first-order chi connectivity index (χ1) is 7.99. The van der Waals surface area contributed by atoms with Crippen molar-refractivity contribution in [2.45, 2.75) is 13.8 Å². The second-order valence-corrected chi connectivity index (χ2v) is 4.10. The number of hydrogen-bond donors (Lipinski definition) is 1. The van der Waals surface area contributed by atoms with Gasteiger partial charge in [0.15, 0.2) is 5.69 Å². The van der Waals surface area contributed by atoms with Crippen molar-refractivity contribution in [2.24, 2.45) is 0 Å². The molecule has 17 heavy (non-hydrogen) atoms. The molecule has 0 aliphatic carbocycles. The number of carboxylic acid groups (broad SMARTS) is 1. The topological polar surface area (TPSA) is 68.0 Å². The van der Waals surface area contributed by atoms with Crippen LogP contribution < -0.4 is 0 Å². The molecule has 0 bridgehead atoms. The lowest BCUT2D eigenvalue weighted by molar-refractivity contribution is 0.0689. The average molecular weight is 252 g/mol. The van der Waals surface area contributed by atoms with Crippen molar-refractivity contribution in [3.63, 3.8) is 0 Å². The summed E-state index contributed by atoms with van der Waals surface area (Å²) in [6, 6.07) is 5.29. The van der Waals surface area contributed by atoms with E-state index in [1.54, 1.807) is 19.1 Å². The summed E-state index contributed by atoms with van der Waals surface area (Å²) in [6.45, 7) is 3.48. The smallest absolute Gasteiger partial charge is 0.358 e. The zero-order valence-electron chi connectivity index (χ0n) is 9.31. The van der Waals surface area contributed by atoms with Gasteiger partial charge in [-0.15, -0.1) is 5.10 Å². The fourth-order valence-electron chi connectivity index (χ4n) is 1.48. The molecule has 1 aromatic heterocycles. The Labute approximate surface area is 103 Å². The summed E-state index contributed by atoms with van der Waals surface area (Å²) >= 11 is 5.89. The number of aryl methyl sites for hydroxylation is 2. The second kappa shape index (κ2) is 4.18. The summed E-state index contributed by atoms with van der Waals surface area (Å²) in [5.41, 5.74) is 1.91. The van der Waals surface area contributed by atoms with Gasteiger partial charge in [0.25, 0.3) is 0 Å². The van der Waals surface area contributed by atoms with Crippen LogP contribution in [-0.4, -0.2) is 26.1 Å². The zero-order chi connectivity index (χ0) is 12.6. The molecule has 0 saturated heterocycles. The molecule has 0 aliphatic heterocycles. The third kappa shape index (κ3) is 2.14. The summed E-state index contributed by atoms with van der Waals surface area (Å²) in [6.07, 6.45) is 0. The van der Waals surface area contributed by atoms with Crippen molar-refractivity contribution in [1.82, 2.24) is 15.0 Å². The number of rotatable bonds is 2. The quantitative estimate of drug-likeness (QED) is 0.889. The van der Waals surface area contributed by atoms with E-state index in [2.05, 4.69) is 10.2 Å². The maximum Gasteiger partial charge on any atom is 0.358 e. The van der Waals surface area contributed by atoms with Gasteiger partial charge in [0, 0.05) is 5.02 Å². The molecule has 88 valence electrons. The number of benzene rings is 1. The van der Waals surface area contributed by atoms with Crippen LogP contribution in [0.5, 0.6) is 0 Å². The molecule has 0 unspecified atom stereocenters. The molecule has 0 amide bonds. The standard InChI is InChI=1S/C11H10ClN3O2/c1-6-3-4-8(12)5-9(6)15-13-7(2)10(14-15)11(16)17/h3-5H,1-2H3,(H,16,17). The van der Waals surface area contributed by atoms with Gasteiger partial charge in [0.05, 0.1) is 11.4 Å². The van der Waals surface area contributed by atoms with E-state index >= 15 is 0 Å². The molecule has 0 atom stereocenters. The number of hydrogen-bond acceptors (Lipinski definition) is 3. The molecule has 6 heteroatoms. The van der Waals surface area contributed by atoms with Crippen LogP contribution in [0, 0.1) is 13.8 Å². The third-order valence-corrected chi connectivity index (χ3v) is 2.61. The van der Waals surface area contributed by atoms with Gasteiger partial charge in [0.2, 0.25) is 0 Å². The third-order valence-electron chi connectivity index (χ3n) is 2.37. The van der Waals surface area contributed by atoms with Gasteiger partial charge >= 0.3 is 5.97 Å². The SMILES string of the molecule is Cc1ccc(Cl)cc1-n1nc(C)c(C(=O)O)n1. The van der Waals surface area contributed by atoms with Crippen molar-refractivity contribution in [3.05, 3.63) is 40.2 Å². The van der Waals surface area contributed by atoms with Crippen molar-refractivity contribution >= 4 is 17.6 Å². The van der Waals surface area contributed by atoms with Crippen LogP contribution in [0.4, 0.5) is 0 Å². The predicted molar refractivity (Wildman–Crippen MR) is 62.8 cm³/mol. The monoisotopic (exact) mass is 251 g/mol. The van der Waals surface area contributed by atoms with Gasteiger partial charge in [-0.05, 0) is 31.5 Å². The highest BCUT2D eigenvalue weighted by molar-refractivity contribution is 6.30. The van der Waals surface area contributed by atoms with Gasteiger partial charge in [-0.1, -0.05) is 17.7 Å². The van der Waals surface area contributed by atoms with E-state index in [0.717, 1.165) is 5.56 Å². The maximum atomic E-state index is 10.9. The van der Waals surface area contributed by atoms with Crippen LogP contribution in [0.15, 0.2) is 18.2 Å². The molecule has 0 aliphatic rings. The lowest BCUT2D eigenvalue weighted by Crippen LogP contribution is -2.03. The lowest BCUT2D eigenvalue weighted by Gasteiger charge is -2.04. The van der Waals surface area contributed by atoms with E-state index in [-0.39, 0.29) is 5.69 Å². The van der Waals surface area contributed by atoms with E-state index in [9.17, 15) is 4.79 Å². The molecule has 2 rings (SSSR count). The number of aromatic carboxylic acids is 1. The Bertz CT molecular complexity index is 592. The molecule has 2 aromatic rings. The molecule has 0 spiro atoms. The van der Waals surface area contributed by atoms with Gasteiger partial charge in [-0.3, -0.25) is 0 Å². The Morgan fingerprint density at radius 2 is 2.06 bits per heavy atom. The molecule has 1 heterocycles. The Kier molecular flexibility index (Phi) is 2.85. The molecule has 0 fully saturated rings. The highest BCUT2D eigenvalue weighted by atomic mass is 35.5. The Balaban J connectivity index is 2.57. The second-order valence-electron chi connectivity index (χ2n) is 3.66. The first kappa shape index (κ1) is 11.6. The van der Waals surface area contributed by atoms with Crippen LogP contribution >= 0.6 is 11.6 Å². The largest absolute Gasteiger partial charge is 0.476 e. The molecule has 5 nitrogen and oxygen atoms in total. The van der Waals surface area contributed by atoms with E-state index < -0.39 is 5.97 Å². The maximum absolute atomic E-state index is 10.9. The molecular weight excluding hydrogens is 242 g/mol. The van der Waals surface area contributed by atoms with E-state index in [0.29, 0.717) is 16.4 Å². The van der Waals surface area contributed by atoms with Crippen LogP contribution in [0.1, 0.15) is 21.7 Å². The van der Waals surface area contributed by atoms with Crippen LogP contribution in [0.3, 0.4) is 0 Å². The van der Waals surface area contributed by atoms with Gasteiger partial charge in [0.1, 0.15) is 0 Å². The number of carboxylic acids is 1. The summed E-state index contributed by atoms with van der Waals surface area (Å²) in [7, 11) is 0. The van der Waals surface area contributed by atoms with Gasteiger partial charge < -0.3 is 5.11 Å². The Hall–Kier alpha value is -1.88. The van der Waals surface area contributed by atoms with Gasteiger partial charge in [-0.25, -0.2) is 4.79 Å². The average Bonchev–Trinajstić information content (AvgIpc) is 2.64. The predicted octanol–water partition coefficient (Wildman–Crippen LogP) is 2.24. The summed E-state index contributed by atoms with van der Waals surface area (Å²) in [5.74, 6) is -1.09. The molecule has 1 aromatic carbocycles. The van der Waals surface area contributed by atoms with Crippen LogP contribution in [0.25, 0.3) is 5.69 Å². The Morgan fingerprint density at radius 3 is 2.65 bits per heavy atom. The van der Waals surface area contributed by atoms with E-state index in [1.807, 2.05) is 13.0 Å². The first-order valence-electron chi connectivity index (χ1n) is 4.93. The summed E-state index contributed by atoms with van der Waals surface area (Å²) < 4.78 is 0. The Morgan fingerprint density at radius 1 is 1.35 bits per heavy atom. The number of aromatic nitrogens is 3. The number of halogens is 1. The minimum absolute atomic E-state index is 0.0515. The van der Waals surface area contributed by atoms with Crippen molar-refractivity contribution < 1.29 is 9.90 Å². The first-order valence-corrected chi connectivity index (χ1v) is 5.30. The molecular formula is C11H10ClN3O2. The summed E-state index contributed by atoms with van der Waals surface area (Å²) in [5, 5.41) is 17.5. The zero-order valence-corrected chi connectivity index (χ0v) is 10.1. The minimum Gasteiger partial charge on any atom is -0.476 e. The fraction of sp³-hybridized carbons (Fsp3) is 0.182. The van der Waals surface area contributed by atoms with E-state index in [1.165, 1.54) is 4.80 Å². The summed E-state index contributed by atoms with van der Waals surface area (Å²) in [4.78, 5) is 12.2. The highest BCUT2D eigenvalue weighted by Gasteiger charge is 2.15. The van der Waals surface area contributed by atoms with Gasteiger partial charge in [-0.2, -0.15) is 9.90 Å². The van der Waals surface area contributed by atoms with Crippen LogP contribution in [0.2, 0.25) is 5.02 Å². The highest BCUT2D eigenvalue weighted by Crippen LogP contribution is 2.18. The molecule has 1 N–H and O–H groups in total. The van der Waals surface area contributed by atoms with E-state index in [4.69, 9.17) is 16.7 Å². The molecule has 0 saturated carbocycles. The minimum atomic E-state index is -1.09. The molecule has 0 radical (unpaired) electrons. The normalized spacial score (nSPS) is 10.5. The number of carbonyl (C=O) groups is 1. The van der Waals surface area contributed by atoms with Crippen LogP contribution in [-0.2, 0) is 0 Å². The number of nitrogens with zero attached hydrogens (tertiary/aromatic N) is 3. The van der Waals surface area contributed by atoms with Crippen molar-refractivity contribution in [1.29, 1.82) is 0 Å². The lowest BCUT2D eigenvalue weighted by atomic mass is 10.2. The van der Waals surface area contributed by atoms with Crippen molar-refractivity contribution in [2.75, 3.05) is 0 Å². The fourth-order valence-corrected chi connectivity index (χ4v) is 1.65.